The van der Waals surface area contributed by atoms with Gasteiger partial charge in [-0.15, -0.1) is 0 Å². The highest BCUT2D eigenvalue weighted by molar-refractivity contribution is 8.00. The summed E-state index contributed by atoms with van der Waals surface area (Å²) >= 11 is -0.316. The molecule has 1 aromatic carbocycles. The smallest absolute Gasteiger partial charge is 0.342 e. The van der Waals surface area contributed by atoms with Crippen molar-refractivity contribution in [1.29, 1.82) is 0 Å². The van der Waals surface area contributed by atoms with E-state index in [1.54, 1.807) is 6.92 Å². The molecule has 0 aliphatic heterocycles. The highest BCUT2D eigenvalue weighted by Crippen LogP contribution is 2.38. The summed E-state index contributed by atoms with van der Waals surface area (Å²) in [5.41, 5.74) is -4.49. The van der Waals surface area contributed by atoms with Crippen LogP contribution in [0.15, 0.2) is 35.5 Å². The minimum atomic E-state index is -4.45. The van der Waals surface area contributed by atoms with Crippen LogP contribution in [0.1, 0.15) is 29.1 Å². The Bertz CT molecular complexity index is 615. The van der Waals surface area contributed by atoms with E-state index in [1.165, 1.54) is 30.6 Å². The lowest BCUT2D eigenvalue weighted by atomic mass is 10.2. The second kappa shape index (κ2) is 6.17. The predicted molar refractivity (Wildman–Crippen MR) is 70.6 cm³/mol. The number of benzene rings is 1. The maximum absolute atomic E-state index is 12.5. The molecule has 1 unspecified atom stereocenters. The van der Waals surface area contributed by atoms with Crippen molar-refractivity contribution in [2.24, 2.45) is 0 Å². The molecule has 0 aliphatic rings. The number of alkyl halides is 3. The number of carbonyl (C=O) groups excluding carboxylic acids is 1. The predicted octanol–water partition coefficient (Wildman–Crippen LogP) is 2.91. The normalized spacial score (nSPS) is 13.0. The van der Waals surface area contributed by atoms with Gasteiger partial charge in [0, 0.05) is 4.90 Å². The van der Waals surface area contributed by atoms with E-state index in [0.717, 1.165) is 0 Å². The fourth-order valence-corrected chi connectivity index (χ4v) is 2.30. The zero-order valence-corrected chi connectivity index (χ0v) is 11.6. The van der Waals surface area contributed by atoms with Crippen LogP contribution in [0.25, 0.3) is 0 Å². The third kappa shape index (κ3) is 4.22. The highest BCUT2D eigenvalue weighted by Gasteiger charge is 2.31. The van der Waals surface area contributed by atoms with Crippen molar-refractivity contribution in [3.63, 3.8) is 0 Å². The summed E-state index contributed by atoms with van der Waals surface area (Å²) in [6.45, 7) is 1.65. The number of carbonyl (C=O) groups is 1. The Morgan fingerprint density at radius 2 is 2.10 bits per heavy atom. The fraction of sp³-hybridized carbons (Fsp3) is 0.250. The number of aromatic amines is 1. The number of aromatic nitrogens is 3. The fourth-order valence-electron chi connectivity index (χ4n) is 1.63. The van der Waals surface area contributed by atoms with Gasteiger partial charge < -0.3 is 5.32 Å². The summed E-state index contributed by atoms with van der Waals surface area (Å²) in [7, 11) is 0. The first-order valence-electron chi connectivity index (χ1n) is 5.87. The van der Waals surface area contributed by atoms with Crippen molar-refractivity contribution in [3.05, 3.63) is 42.0 Å². The van der Waals surface area contributed by atoms with E-state index >= 15 is 0 Å². The summed E-state index contributed by atoms with van der Waals surface area (Å²) < 4.78 is 37.4. The van der Waals surface area contributed by atoms with Crippen LogP contribution in [0, 0.1) is 0 Å². The third-order valence-corrected chi connectivity index (χ3v) is 3.36. The van der Waals surface area contributed by atoms with Gasteiger partial charge in [-0.2, -0.15) is 18.3 Å². The minimum Gasteiger partial charge on any atom is -0.342 e. The number of H-pyrrole nitrogens is 1. The van der Waals surface area contributed by atoms with Crippen molar-refractivity contribution in [2.45, 2.75) is 23.4 Å². The number of halogens is 3. The number of hydrogen-bond donors (Lipinski definition) is 2. The lowest BCUT2D eigenvalue weighted by Gasteiger charge is -2.14. The summed E-state index contributed by atoms with van der Waals surface area (Å²) in [6, 6.07) is 5.06. The Balaban J connectivity index is 2.16. The summed E-state index contributed by atoms with van der Waals surface area (Å²) in [4.78, 5) is 15.8. The van der Waals surface area contributed by atoms with Gasteiger partial charge in [-0.3, -0.25) is 9.89 Å². The maximum atomic E-state index is 12.5. The number of nitrogens with one attached hydrogen (secondary N) is 2. The van der Waals surface area contributed by atoms with Crippen LogP contribution < -0.4 is 5.32 Å². The largest absolute Gasteiger partial charge is 0.446 e. The van der Waals surface area contributed by atoms with Crippen LogP contribution in [0.5, 0.6) is 0 Å². The van der Waals surface area contributed by atoms with Crippen LogP contribution in [0.4, 0.5) is 13.2 Å². The first-order chi connectivity index (χ1) is 9.87. The van der Waals surface area contributed by atoms with Crippen LogP contribution in [-0.2, 0) is 0 Å². The second-order valence-electron chi connectivity index (χ2n) is 4.11. The minimum absolute atomic E-state index is 0.0359. The quantitative estimate of drug-likeness (QED) is 0.851. The SMILES string of the molecule is CC(NC(=O)c1ccccc1SC(F)(F)F)c1ncn[nH]1. The van der Waals surface area contributed by atoms with Crippen molar-refractivity contribution in [2.75, 3.05) is 0 Å². The Labute approximate surface area is 122 Å². The van der Waals surface area contributed by atoms with Crippen LogP contribution >= 0.6 is 11.8 Å². The number of nitrogens with zero attached hydrogens (tertiary/aromatic N) is 2. The van der Waals surface area contributed by atoms with Gasteiger partial charge in [0.05, 0.1) is 11.6 Å². The number of hydrogen-bond acceptors (Lipinski definition) is 4. The van der Waals surface area contributed by atoms with E-state index in [2.05, 4.69) is 20.5 Å². The molecule has 0 spiro atoms. The van der Waals surface area contributed by atoms with Crippen molar-refractivity contribution < 1.29 is 18.0 Å². The number of amides is 1. The van der Waals surface area contributed by atoms with E-state index in [1.807, 2.05) is 0 Å². The number of rotatable bonds is 4. The molecule has 0 fully saturated rings. The molecule has 1 amide bonds. The first kappa shape index (κ1) is 15.4. The molecule has 0 radical (unpaired) electrons. The summed E-state index contributed by atoms with van der Waals surface area (Å²) in [6.07, 6.45) is 1.28. The second-order valence-corrected chi connectivity index (χ2v) is 5.22. The molecule has 1 atom stereocenters. The monoisotopic (exact) mass is 316 g/mol. The van der Waals surface area contributed by atoms with Gasteiger partial charge in [-0.25, -0.2) is 4.98 Å². The first-order valence-corrected chi connectivity index (χ1v) is 6.69. The molecule has 0 saturated heterocycles. The van der Waals surface area contributed by atoms with Gasteiger partial charge in [0.2, 0.25) is 0 Å². The Kier molecular flexibility index (Phi) is 4.51. The van der Waals surface area contributed by atoms with E-state index in [-0.39, 0.29) is 22.2 Å². The molecule has 2 rings (SSSR count). The zero-order valence-electron chi connectivity index (χ0n) is 10.8. The third-order valence-electron chi connectivity index (χ3n) is 2.55. The van der Waals surface area contributed by atoms with Gasteiger partial charge in [-0.1, -0.05) is 12.1 Å². The van der Waals surface area contributed by atoms with Crippen LogP contribution in [-0.4, -0.2) is 26.6 Å². The van der Waals surface area contributed by atoms with Gasteiger partial charge in [-0.05, 0) is 30.8 Å². The molecule has 5 nitrogen and oxygen atoms in total. The molecule has 0 aliphatic carbocycles. The molecule has 2 aromatic rings. The molecular formula is C12H11F3N4OS. The van der Waals surface area contributed by atoms with Crippen LogP contribution in [0.3, 0.4) is 0 Å². The van der Waals surface area contributed by atoms with Crippen molar-refractivity contribution >= 4 is 17.7 Å². The maximum Gasteiger partial charge on any atom is 0.446 e. The standard InChI is InChI=1S/C12H11F3N4OS/c1-7(10-16-6-17-19-10)18-11(20)8-4-2-3-5-9(8)21-12(13,14)15/h2-7H,1H3,(H,18,20)(H,16,17,19). The molecule has 9 heteroatoms. The summed E-state index contributed by atoms with van der Waals surface area (Å²) in [5, 5.41) is 8.81. The van der Waals surface area contributed by atoms with Gasteiger partial charge >= 0.3 is 5.51 Å². The Morgan fingerprint density at radius 1 is 1.38 bits per heavy atom. The van der Waals surface area contributed by atoms with Crippen molar-refractivity contribution in [1.82, 2.24) is 20.5 Å². The number of thioether (sulfide) groups is 1. The van der Waals surface area contributed by atoms with E-state index in [0.29, 0.717) is 5.82 Å². The lowest BCUT2D eigenvalue weighted by molar-refractivity contribution is -0.0328. The molecule has 0 bridgehead atoms. The summed E-state index contributed by atoms with van der Waals surface area (Å²) in [5.74, 6) is -0.185. The topological polar surface area (TPSA) is 70.7 Å². The van der Waals surface area contributed by atoms with Crippen molar-refractivity contribution in [3.8, 4) is 0 Å². The Hall–Kier alpha value is -2.03. The molecule has 0 saturated carbocycles. The zero-order chi connectivity index (χ0) is 15.5. The van der Waals surface area contributed by atoms with E-state index < -0.39 is 17.5 Å². The van der Waals surface area contributed by atoms with E-state index in [9.17, 15) is 18.0 Å². The molecule has 21 heavy (non-hydrogen) atoms. The average molecular weight is 316 g/mol. The van der Waals surface area contributed by atoms with Gasteiger partial charge in [0.25, 0.3) is 5.91 Å². The van der Waals surface area contributed by atoms with Gasteiger partial charge in [0.15, 0.2) is 0 Å². The highest BCUT2D eigenvalue weighted by atomic mass is 32.2. The Morgan fingerprint density at radius 3 is 2.71 bits per heavy atom. The molecule has 2 N–H and O–H groups in total. The van der Waals surface area contributed by atoms with E-state index in [4.69, 9.17) is 0 Å². The molecule has 1 aromatic heterocycles. The van der Waals surface area contributed by atoms with Crippen LogP contribution in [0.2, 0.25) is 0 Å². The molecule has 1 heterocycles. The molecular weight excluding hydrogens is 305 g/mol. The molecule has 112 valence electrons. The average Bonchev–Trinajstić information content (AvgIpc) is 2.91. The lowest BCUT2D eigenvalue weighted by Crippen LogP contribution is -2.28. The van der Waals surface area contributed by atoms with Gasteiger partial charge in [0.1, 0.15) is 12.2 Å².